The molecule has 0 fully saturated rings. The molecular formula is C33H26ClFN6O3. The van der Waals surface area contributed by atoms with Gasteiger partial charge in [-0.25, -0.2) is 19.4 Å². The summed E-state index contributed by atoms with van der Waals surface area (Å²) in [5, 5.41) is 8.92. The maximum Gasteiger partial charge on any atom is 0.263 e. The highest BCUT2D eigenvalue weighted by Gasteiger charge is 2.33. The molecule has 2 aromatic heterocycles. The zero-order valence-corrected chi connectivity index (χ0v) is 24.5. The topological polar surface area (TPSA) is 110 Å². The Morgan fingerprint density at radius 1 is 1.00 bits per heavy atom. The summed E-state index contributed by atoms with van der Waals surface area (Å²) in [4.78, 5) is 47.8. The van der Waals surface area contributed by atoms with Crippen molar-refractivity contribution in [3.8, 4) is 22.3 Å². The standard InChI is InChI=1S/C33H26ClFN6O3/c1-19(42)26-17-40(29-11-10-21(14-25(26)29)22-15-36-20(2)37-16-22)18-31(43)41-30(12-13-38-41)33(44)39-28-9-5-7-24(32(28)35)23-6-3-4-8-27(23)34/h3-11,13-17,30H,12,18H2,1-2H3,(H,39,44). The molecule has 9 nitrogen and oxygen atoms in total. The molecule has 0 aliphatic carbocycles. The van der Waals surface area contributed by atoms with Crippen molar-refractivity contribution in [2.75, 3.05) is 5.32 Å². The van der Waals surface area contributed by atoms with Crippen LogP contribution in [0.15, 0.2) is 84.4 Å². The molecule has 1 unspecified atom stereocenters. The van der Waals surface area contributed by atoms with Gasteiger partial charge in [0, 0.05) is 69.4 Å². The maximum atomic E-state index is 15.5. The summed E-state index contributed by atoms with van der Waals surface area (Å²) in [6.45, 7) is 3.09. The normalized spacial score (nSPS) is 14.3. The summed E-state index contributed by atoms with van der Waals surface area (Å²) in [5.41, 5.74) is 3.44. The molecule has 44 heavy (non-hydrogen) atoms. The average molecular weight is 609 g/mol. The summed E-state index contributed by atoms with van der Waals surface area (Å²) in [6, 6.07) is 16.1. The molecule has 1 aliphatic heterocycles. The van der Waals surface area contributed by atoms with Crippen LogP contribution in [0.25, 0.3) is 33.2 Å². The summed E-state index contributed by atoms with van der Waals surface area (Å²) in [7, 11) is 0. The zero-order chi connectivity index (χ0) is 31.0. The number of Topliss-reactive ketones (excluding diaryl/α,β-unsaturated/α-hetero) is 1. The van der Waals surface area contributed by atoms with Crippen LogP contribution in [-0.2, 0) is 16.1 Å². The van der Waals surface area contributed by atoms with Crippen molar-refractivity contribution in [2.24, 2.45) is 5.10 Å². The molecule has 6 rings (SSSR count). The van der Waals surface area contributed by atoms with E-state index in [2.05, 4.69) is 20.4 Å². The van der Waals surface area contributed by atoms with Crippen LogP contribution in [0, 0.1) is 12.7 Å². The van der Waals surface area contributed by atoms with Gasteiger partial charge in [-0.05, 0) is 43.7 Å². The number of aryl methyl sites for hydroxylation is 1. The number of fused-ring (bicyclic) bond motifs is 1. The number of hydrogen-bond acceptors (Lipinski definition) is 6. The highest BCUT2D eigenvalue weighted by Crippen LogP contribution is 2.33. The van der Waals surface area contributed by atoms with Gasteiger partial charge in [-0.3, -0.25) is 14.4 Å². The number of ketones is 1. The second-order valence-corrected chi connectivity index (χ2v) is 10.8. The number of nitrogens with zero attached hydrogens (tertiary/aromatic N) is 5. The number of carbonyl (C=O) groups is 3. The third kappa shape index (κ3) is 5.47. The van der Waals surface area contributed by atoms with E-state index in [1.165, 1.54) is 19.2 Å². The molecule has 2 amide bonds. The van der Waals surface area contributed by atoms with Gasteiger partial charge in [0.15, 0.2) is 11.6 Å². The third-order valence-electron chi connectivity index (χ3n) is 7.49. The number of rotatable bonds is 7. The van der Waals surface area contributed by atoms with Crippen LogP contribution in [-0.4, -0.2) is 49.4 Å². The number of halogens is 2. The van der Waals surface area contributed by atoms with E-state index < -0.39 is 23.7 Å². The van der Waals surface area contributed by atoms with Gasteiger partial charge in [0.25, 0.3) is 5.91 Å². The quantitative estimate of drug-likeness (QED) is 0.218. The molecule has 220 valence electrons. The van der Waals surface area contributed by atoms with Crippen molar-refractivity contribution < 1.29 is 18.8 Å². The van der Waals surface area contributed by atoms with Crippen molar-refractivity contribution in [1.82, 2.24) is 19.5 Å². The minimum absolute atomic E-state index is 0.0380. The van der Waals surface area contributed by atoms with Gasteiger partial charge in [0.1, 0.15) is 18.4 Å². The Morgan fingerprint density at radius 3 is 2.50 bits per heavy atom. The largest absolute Gasteiger partial charge is 0.337 e. The lowest BCUT2D eigenvalue weighted by Crippen LogP contribution is -2.43. The summed E-state index contributed by atoms with van der Waals surface area (Å²) in [5.74, 6) is -1.20. The first kappa shape index (κ1) is 28.9. The van der Waals surface area contributed by atoms with Crippen LogP contribution in [0.4, 0.5) is 10.1 Å². The Labute approximate surface area is 257 Å². The van der Waals surface area contributed by atoms with Gasteiger partial charge >= 0.3 is 0 Å². The minimum atomic E-state index is -0.979. The molecule has 0 spiro atoms. The minimum Gasteiger partial charge on any atom is -0.337 e. The molecule has 0 saturated heterocycles. The predicted molar refractivity (Wildman–Crippen MR) is 167 cm³/mol. The molecule has 0 bridgehead atoms. The van der Waals surface area contributed by atoms with Crippen LogP contribution in [0.5, 0.6) is 0 Å². The van der Waals surface area contributed by atoms with Gasteiger partial charge in [0.05, 0.1) is 5.69 Å². The monoisotopic (exact) mass is 608 g/mol. The molecular weight excluding hydrogens is 583 g/mol. The van der Waals surface area contributed by atoms with E-state index in [1.54, 1.807) is 66.5 Å². The highest BCUT2D eigenvalue weighted by molar-refractivity contribution is 6.33. The summed E-state index contributed by atoms with van der Waals surface area (Å²) >= 11 is 6.27. The van der Waals surface area contributed by atoms with E-state index in [4.69, 9.17) is 11.6 Å². The van der Waals surface area contributed by atoms with Gasteiger partial charge in [0.2, 0.25) is 5.91 Å². The van der Waals surface area contributed by atoms with E-state index in [0.29, 0.717) is 32.9 Å². The second-order valence-electron chi connectivity index (χ2n) is 10.4. The molecule has 0 radical (unpaired) electrons. The van der Waals surface area contributed by atoms with Crippen LogP contribution in [0.2, 0.25) is 5.02 Å². The molecule has 3 heterocycles. The van der Waals surface area contributed by atoms with E-state index >= 15 is 4.39 Å². The lowest BCUT2D eigenvalue weighted by Gasteiger charge is -2.22. The molecule has 0 saturated carbocycles. The maximum absolute atomic E-state index is 15.5. The summed E-state index contributed by atoms with van der Waals surface area (Å²) in [6.07, 6.45) is 6.70. The number of anilines is 1. The van der Waals surface area contributed by atoms with E-state index in [0.717, 1.165) is 16.1 Å². The first-order chi connectivity index (χ1) is 21.2. The Morgan fingerprint density at radius 2 is 1.75 bits per heavy atom. The smallest absolute Gasteiger partial charge is 0.263 e. The van der Waals surface area contributed by atoms with Crippen molar-refractivity contribution in [3.05, 3.63) is 101 Å². The number of hydrogen-bond donors (Lipinski definition) is 1. The molecule has 1 aliphatic rings. The number of benzene rings is 3. The SMILES string of the molecule is CC(=O)c1cn(CC(=O)N2N=CCC2C(=O)Nc2cccc(-c3ccccc3Cl)c2F)c2ccc(-c3cnc(C)nc3)cc12. The Balaban J connectivity index is 1.23. The number of amides is 2. The number of nitrogens with one attached hydrogen (secondary N) is 1. The number of hydrazone groups is 1. The van der Waals surface area contributed by atoms with E-state index in [9.17, 15) is 14.4 Å². The van der Waals surface area contributed by atoms with Crippen molar-refractivity contribution >= 4 is 52.0 Å². The zero-order valence-electron chi connectivity index (χ0n) is 23.8. The molecule has 5 aromatic rings. The van der Waals surface area contributed by atoms with Gasteiger partial charge in [-0.1, -0.05) is 48.0 Å². The molecule has 1 N–H and O–H groups in total. The second kappa shape index (κ2) is 11.8. The molecule has 11 heteroatoms. The lowest BCUT2D eigenvalue weighted by molar-refractivity contribution is -0.138. The van der Waals surface area contributed by atoms with Crippen molar-refractivity contribution in [3.63, 3.8) is 0 Å². The van der Waals surface area contributed by atoms with E-state index in [1.807, 2.05) is 18.2 Å². The van der Waals surface area contributed by atoms with Crippen molar-refractivity contribution in [2.45, 2.75) is 32.9 Å². The van der Waals surface area contributed by atoms with Gasteiger partial charge < -0.3 is 9.88 Å². The first-order valence-corrected chi connectivity index (χ1v) is 14.2. The van der Waals surface area contributed by atoms with Gasteiger partial charge in [-0.2, -0.15) is 5.10 Å². The van der Waals surface area contributed by atoms with E-state index in [-0.39, 0.29) is 30.0 Å². The number of carbonyl (C=O) groups excluding carboxylic acids is 3. The molecule has 1 atom stereocenters. The fourth-order valence-corrected chi connectivity index (χ4v) is 5.49. The van der Waals surface area contributed by atoms with Crippen LogP contribution < -0.4 is 5.32 Å². The Hall–Kier alpha value is -5.22. The Kier molecular flexibility index (Phi) is 7.75. The fraction of sp³-hybridized carbons (Fsp3) is 0.152. The van der Waals surface area contributed by atoms with Gasteiger partial charge in [-0.15, -0.1) is 0 Å². The fourth-order valence-electron chi connectivity index (χ4n) is 5.25. The predicted octanol–water partition coefficient (Wildman–Crippen LogP) is 6.29. The van der Waals surface area contributed by atoms with Crippen molar-refractivity contribution in [1.29, 1.82) is 0 Å². The highest BCUT2D eigenvalue weighted by atomic mass is 35.5. The van der Waals surface area contributed by atoms with Crippen LogP contribution in [0.3, 0.4) is 0 Å². The number of aromatic nitrogens is 3. The lowest BCUT2D eigenvalue weighted by atomic mass is 10.0. The Bertz CT molecular complexity index is 1970. The van der Waals surface area contributed by atoms with Crippen LogP contribution >= 0.6 is 11.6 Å². The third-order valence-corrected chi connectivity index (χ3v) is 7.82. The average Bonchev–Trinajstić information content (AvgIpc) is 3.65. The van der Waals surface area contributed by atoms with Crippen LogP contribution in [0.1, 0.15) is 29.5 Å². The summed E-state index contributed by atoms with van der Waals surface area (Å²) < 4.78 is 17.1. The first-order valence-electron chi connectivity index (χ1n) is 13.8. The molecule has 3 aromatic carbocycles.